The van der Waals surface area contributed by atoms with Gasteiger partial charge >= 0.3 is 5.97 Å². The van der Waals surface area contributed by atoms with Crippen LogP contribution in [-0.2, 0) is 21.6 Å². The van der Waals surface area contributed by atoms with E-state index in [1.807, 2.05) is 47.4 Å². The molecule has 2 aromatic rings. The Kier molecular flexibility index (Phi) is 4.45. The molecule has 4 rings (SSSR count). The van der Waals surface area contributed by atoms with Gasteiger partial charge in [0.15, 0.2) is 5.60 Å². The van der Waals surface area contributed by atoms with Gasteiger partial charge in [-0.15, -0.1) is 0 Å². The van der Waals surface area contributed by atoms with Gasteiger partial charge in [0, 0.05) is 23.6 Å². The van der Waals surface area contributed by atoms with Crippen LogP contribution in [0.1, 0.15) is 40.7 Å². The number of ether oxygens (including phenoxy) is 1. The SMILES string of the molecule is O=C1OC2(CCCN(C(=O)CCc3cccc(Cl)c3)C2)c2ccccc21. The third-order valence-electron chi connectivity index (χ3n) is 5.25. The third-order valence-corrected chi connectivity index (χ3v) is 5.49. The first-order chi connectivity index (χ1) is 12.6. The number of piperidine rings is 1. The van der Waals surface area contributed by atoms with E-state index in [9.17, 15) is 9.59 Å². The zero-order chi connectivity index (χ0) is 18.1. The molecule has 0 N–H and O–H groups in total. The van der Waals surface area contributed by atoms with E-state index in [0.29, 0.717) is 36.5 Å². The van der Waals surface area contributed by atoms with E-state index < -0.39 is 5.60 Å². The Labute approximate surface area is 157 Å². The van der Waals surface area contributed by atoms with E-state index in [1.54, 1.807) is 6.07 Å². The smallest absolute Gasteiger partial charge is 0.339 e. The summed E-state index contributed by atoms with van der Waals surface area (Å²) in [5.41, 5.74) is 1.91. The molecule has 0 aliphatic carbocycles. The lowest BCUT2D eigenvalue weighted by Crippen LogP contribution is -2.48. The van der Waals surface area contributed by atoms with Crippen LogP contribution in [0.3, 0.4) is 0 Å². The van der Waals surface area contributed by atoms with E-state index in [-0.39, 0.29) is 11.9 Å². The van der Waals surface area contributed by atoms with Crippen molar-refractivity contribution in [3.05, 3.63) is 70.2 Å². The molecule has 2 heterocycles. The summed E-state index contributed by atoms with van der Waals surface area (Å²) in [5, 5.41) is 0.682. The molecule has 0 bridgehead atoms. The highest BCUT2D eigenvalue weighted by Gasteiger charge is 2.48. The predicted octanol–water partition coefficient (Wildman–Crippen LogP) is 3.96. The molecule has 1 atom stereocenters. The van der Waals surface area contributed by atoms with E-state index in [1.165, 1.54) is 0 Å². The van der Waals surface area contributed by atoms with E-state index in [0.717, 1.165) is 24.0 Å². The van der Waals surface area contributed by atoms with Crippen molar-refractivity contribution in [1.29, 1.82) is 0 Å². The number of nitrogens with zero attached hydrogens (tertiary/aromatic N) is 1. The number of hydrogen-bond acceptors (Lipinski definition) is 3. The number of hydrogen-bond donors (Lipinski definition) is 0. The second-order valence-corrected chi connectivity index (χ2v) is 7.41. The fourth-order valence-corrected chi connectivity index (χ4v) is 4.20. The van der Waals surface area contributed by atoms with Crippen molar-refractivity contribution in [3.63, 3.8) is 0 Å². The molecule has 0 aromatic heterocycles. The number of esters is 1. The number of fused-ring (bicyclic) bond motifs is 2. The van der Waals surface area contributed by atoms with Crippen LogP contribution < -0.4 is 0 Å². The van der Waals surface area contributed by atoms with Gasteiger partial charge in [0.25, 0.3) is 0 Å². The van der Waals surface area contributed by atoms with Crippen molar-refractivity contribution < 1.29 is 14.3 Å². The van der Waals surface area contributed by atoms with Crippen molar-refractivity contribution >= 4 is 23.5 Å². The van der Waals surface area contributed by atoms with Gasteiger partial charge in [-0.3, -0.25) is 4.79 Å². The first-order valence-electron chi connectivity index (χ1n) is 8.92. The largest absolute Gasteiger partial charge is 0.449 e. The summed E-state index contributed by atoms with van der Waals surface area (Å²) in [6.07, 6.45) is 2.66. The maximum absolute atomic E-state index is 12.7. The maximum Gasteiger partial charge on any atom is 0.339 e. The normalized spacial score (nSPS) is 21.6. The molecule has 1 saturated heterocycles. The molecular formula is C21H20ClNO3. The van der Waals surface area contributed by atoms with Crippen LogP contribution >= 0.6 is 11.6 Å². The van der Waals surface area contributed by atoms with Gasteiger partial charge in [0.1, 0.15) is 0 Å². The minimum atomic E-state index is -0.683. The van der Waals surface area contributed by atoms with Crippen LogP contribution in [0, 0.1) is 0 Å². The third kappa shape index (κ3) is 3.10. The molecule has 26 heavy (non-hydrogen) atoms. The number of halogens is 1. The molecule has 0 radical (unpaired) electrons. The molecule has 2 aliphatic heterocycles. The second-order valence-electron chi connectivity index (χ2n) is 6.98. The summed E-state index contributed by atoms with van der Waals surface area (Å²) in [4.78, 5) is 26.8. The van der Waals surface area contributed by atoms with E-state index in [2.05, 4.69) is 0 Å². The Morgan fingerprint density at radius 3 is 2.88 bits per heavy atom. The average Bonchev–Trinajstić information content (AvgIpc) is 2.92. The standard InChI is InChI=1S/C21H20ClNO3/c22-16-6-3-5-15(13-16)9-10-19(24)23-12-4-11-21(14-23)18-8-2-1-7-17(18)20(25)26-21/h1-3,5-8,13H,4,9-12,14H2. The van der Waals surface area contributed by atoms with Crippen molar-refractivity contribution in [2.24, 2.45) is 0 Å². The van der Waals surface area contributed by atoms with Crippen LogP contribution in [0.15, 0.2) is 48.5 Å². The van der Waals surface area contributed by atoms with E-state index in [4.69, 9.17) is 16.3 Å². The minimum Gasteiger partial charge on any atom is -0.449 e. The summed E-state index contributed by atoms with van der Waals surface area (Å²) >= 11 is 6.01. The van der Waals surface area contributed by atoms with Crippen molar-refractivity contribution in [3.8, 4) is 0 Å². The number of benzene rings is 2. The molecule has 4 nitrogen and oxygen atoms in total. The lowest BCUT2D eigenvalue weighted by atomic mass is 9.85. The van der Waals surface area contributed by atoms with E-state index >= 15 is 0 Å². The van der Waals surface area contributed by atoms with Crippen molar-refractivity contribution in [1.82, 2.24) is 4.90 Å². The monoisotopic (exact) mass is 369 g/mol. The average molecular weight is 370 g/mol. The summed E-state index contributed by atoms with van der Waals surface area (Å²) in [5.74, 6) is -0.196. The number of carbonyl (C=O) groups excluding carboxylic acids is 2. The fourth-order valence-electron chi connectivity index (χ4n) is 3.99. The number of carbonyl (C=O) groups is 2. The summed E-state index contributed by atoms with van der Waals surface area (Å²) in [7, 11) is 0. The second kappa shape index (κ2) is 6.76. The Balaban J connectivity index is 1.47. The number of rotatable bonds is 3. The first kappa shape index (κ1) is 17.1. The van der Waals surface area contributed by atoms with Gasteiger partial charge in [-0.25, -0.2) is 4.79 Å². The molecule has 2 aliphatic rings. The molecule has 1 amide bonds. The zero-order valence-corrected chi connectivity index (χ0v) is 15.2. The molecule has 134 valence electrons. The van der Waals surface area contributed by atoms with Gasteiger partial charge in [-0.05, 0) is 43.0 Å². The molecule has 1 fully saturated rings. The van der Waals surface area contributed by atoms with Crippen LogP contribution in [0.25, 0.3) is 0 Å². The number of amides is 1. The quantitative estimate of drug-likeness (QED) is 0.769. The Hall–Kier alpha value is -2.33. The molecular weight excluding hydrogens is 350 g/mol. The Bertz CT molecular complexity index is 866. The van der Waals surface area contributed by atoms with Crippen LogP contribution in [0.4, 0.5) is 0 Å². The molecule has 2 aromatic carbocycles. The predicted molar refractivity (Wildman–Crippen MR) is 99.1 cm³/mol. The highest BCUT2D eigenvalue weighted by Crippen LogP contribution is 2.42. The molecule has 1 spiro atoms. The molecule has 0 saturated carbocycles. The first-order valence-corrected chi connectivity index (χ1v) is 9.30. The summed E-state index contributed by atoms with van der Waals surface area (Å²) in [6, 6.07) is 15.1. The van der Waals surface area contributed by atoms with Gasteiger partial charge in [-0.1, -0.05) is 41.9 Å². The minimum absolute atomic E-state index is 0.0875. The van der Waals surface area contributed by atoms with Crippen molar-refractivity contribution in [2.75, 3.05) is 13.1 Å². The Morgan fingerprint density at radius 2 is 2.04 bits per heavy atom. The Morgan fingerprint density at radius 1 is 1.19 bits per heavy atom. The summed E-state index contributed by atoms with van der Waals surface area (Å²) in [6.45, 7) is 1.14. The number of aryl methyl sites for hydroxylation is 1. The summed E-state index contributed by atoms with van der Waals surface area (Å²) < 4.78 is 5.77. The van der Waals surface area contributed by atoms with Gasteiger partial charge < -0.3 is 9.64 Å². The topological polar surface area (TPSA) is 46.6 Å². The lowest BCUT2D eigenvalue weighted by molar-refractivity contribution is -0.138. The fraction of sp³-hybridized carbons (Fsp3) is 0.333. The van der Waals surface area contributed by atoms with Gasteiger partial charge in [0.05, 0.1) is 12.1 Å². The van der Waals surface area contributed by atoms with Crippen molar-refractivity contribution in [2.45, 2.75) is 31.3 Å². The highest BCUT2D eigenvalue weighted by molar-refractivity contribution is 6.30. The van der Waals surface area contributed by atoms with Gasteiger partial charge in [-0.2, -0.15) is 0 Å². The van der Waals surface area contributed by atoms with Crippen LogP contribution in [0.5, 0.6) is 0 Å². The van der Waals surface area contributed by atoms with Crippen LogP contribution in [-0.4, -0.2) is 29.9 Å². The number of likely N-dealkylation sites (tertiary alicyclic amines) is 1. The lowest BCUT2D eigenvalue weighted by Gasteiger charge is -2.39. The zero-order valence-electron chi connectivity index (χ0n) is 14.4. The van der Waals surface area contributed by atoms with Crippen LogP contribution in [0.2, 0.25) is 5.02 Å². The van der Waals surface area contributed by atoms with Gasteiger partial charge in [0.2, 0.25) is 5.91 Å². The maximum atomic E-state index is 12.7. The molecule has 1 unspecified atom stereocenters. The highest BCUT2D eigenvalue weighted by atomic mass is 35.5. The molecule has 5 heteroatoms.